The van der Waals surface area contributed by atoms with Crippen LogP contribution in [0.15, 0.2) is 40.4 Å². The van der Waals surface area contributed by atoms with E-state index >= 15 is 0 Å². The highest BCUT2D eigenvalue weighted by Crippen LogP contribution is 2.15. The van der Waals surface area contributed by atoms with E-state index < -0.39 is 0 Å². The summed E-state index contributed by atoms with van der Waals surface area (Å²) in [4.78, 5) is 6.63. The quantitative estimate of drug-likeness (QED) is 0.475. The number of hydrogen-bond acceptors (Lipinski definition) is 3. The number of rotatable bonds is 2. The summed E-state index contributed by atoms with van der Waals surface area (Å²) in [7, 11) is 0. The SMILES string of the molecule is [N-]=[N+]=Nc1ccc(-n2cnc(Br)n2)cc1. The minimum Gasteiger partial charge on any atom is -0.220 e. The van der Waals surface area contributed by atoms with Gasteiger partial charge in [0.1, 0.15) is 6.33 Å². The number of aromatic nitrogens is 3. The van der Waals surface area contributed by atoms with Crippen LogP contribution in [0, 0.1) is 0 Å². The molecule has 7 heteroatoms. The number of halogens is 1. The molecule has 0 atom stereocenters. The fraction of sp³-hybridized carbons (Fsp3) is 0. The van der Waals surface area contributed by atoms with Crippen molar-refractivity contribution in [1.82, 2.24) is 14.8 Å². The molecule has 0 aliphatic heterocycles. The van der Waals surface area contributed by atoms with Gasteiger partial charge in [-0.15, -0.1) is 5.10 Å². The lowest BCUT2D eigenvalue weighted by atomic mass is 10.3. The second-order valence-electron chi connectivity index (χ2n) is 2.66. The molecule has 0 bridgehead atoms. The summed E-state index contributed by atoms with van der Waals surface area (Å²) in [5.74, 6) is 0. The van der Waals surface area contributed by atoms with E-state index in [1.54, 1.807) is 35.3 Å². The summed E-state index contributed by atoms with van der Waals surface area (Å²) >= 11 is 3.16. The third kappa shape index (κ3) is 2.15. The average Bonchev–Trinajstić information content (AvgIpc) is 2.67. The molecule has 0 aliphatic rings. The molecule has 0 spiro atoms. The summed E-state index contributed by atoms with van der Waals surface area (Å²) in [5, 5.41) is 7.55. The number of hydrogen-bond donors (Lipinski definition) is 0. The van der Waals surface area contributed by atoms with Crippen LogP contribution in [0.2, 0.25) is 0 Å². The van der Waals surface area contributed by atoms with Crippen molar-refractivity contribution in [2.75, 3.05) is 0 Å². The maximum Gasteiger partial charge on any atom is 0.217 e. The smallest absolute Gasteiger partial charge is 0.217 e. The molecular weight excluding hydrogens is 260 g/mol. The fourth-order valence-corrected chi connectivity index (χ4v) is 1.35. The van der Waals surface area contributed by atoms with Crippen molar-refractivity contribution >= 4 is 21.6 Å². The second-order valence-corrected chi connectivity index (χ2v) is 3.37. The van der Waals surface area contributed by atoms with Gasteiger partial charge >= 0.3 is 0 Å². The first-order valence-electron chi connectivity index (χ1n) is 4.02. The summed E-state index contributed by atoms with van der Waals surface area (Å²) in [6.07, 6.45) is 1.59. The summed E-state index contributed by atoms with van der Waals surface area (Å²) in [5.41, 5.74) is 9.66. The zero-order valence-corrected chi connectivity index (χ0v) is 9.03. The Bertz CT molecular complexity index is 510. The van der Waals surface area contributed by atoms with Crippen molar-refractivity contribution in [2.45, 2.75) is 0 Å². The number of benzene rings is 1. The van der Waals surface area contributed by atoms with Gasteiger partial charge in [-0.25, -0.2) is 9.67 Å². The Labute approximate surface area is 93.3 Å². The van der Waals surface area contributed by atoms with Crippen molar-refractivity contribution in [3.8, 4) is 5.69 Å². The lowest BCUT2D eigenvalue weighted by molar-refractivity contribution is 0.870. The topological polar surface area (TPSA) is 79.5 Å². The third-order valence-corrected chi connectivity index (χ3v) is 2.10. The molecule has 15 heavy (non-hydrogen) atoms. The molecule has 0 radical (unpaired) electrons. The van der Waals surface area contributed by atoms with Gasteiger partial charge in [-0.2, -0.15) is 0 Å². The third-order valence-electron chi connectivity index (χ3n) is 1.74. The largest absolute Gasteiger partial charge is 0.220 e. The van der Waals surface area contributed by atoms with Crippen molar-refractivity contribution < 1.29 is 0 Å². The van der Waals surface area contributed by atoms with Crippen molar-refractivity contribution in [1.29, 1.82) is 0 Å². The van der Waals surface area contributed by atoms with Crippen molar-refractivity contribution in [3.63, 3.8) is 0 Å². The van der Waals surface area contributed by atoms with Gasteiger partial charge in [0.2, 0.25) is 4.73 Å². The van der Waals surface area contributed by atoms with Crippen LogP contribution in [0.25, 0.3) is 16.1 Å². The molecule has 1 aromatic heterocycles. The predicted octanol–water partition coefficient (Wildman–Crippen LogP) is 2.97. The highest BCUT2D eigenvalue weighted by Gasteiger charge is 1.99. The Morgan fingerprint density at radius 3 is 2.60 bits per heavy atom. The predicted molar refractivity (Wildman–Crippen MR) is 57.9 cm³/mol. The summed E-state index contributed by atoms with van der Waals surface area (Å²) in [6, 6.07) is 7.02. The van der Waals surface area contributed by atoms with E-state index in [2.05, 4.69) is 36.0 Å². The zero-order chi connectivity index (χ0) is 10.7. The van der Waals surface area contributed by atoms with E-state index in [0.717, 1.165) is 5.69 Å². The van der Waals surface area contributed by atoms with Gasteiger partial charge < -0.3 is 0 Å². The lowest BCUT2D eigenvalue weighted by Crippen LogP contribution is -1.93. The van der Waals surface area contributed by atoms with Crippen LogP contribution in [0.3, 0.4) is 0 Å². The molecule has 0 amide bonds. The van der Waals surface area contributed by atoms with Crippen LogP contribution in [0.4, 0.5) is 5.69 Å². The molecule has 0 saturated carbocycles. The maximum absolute atomic E-state index is 8.23. The normalized spacial score (nSPS) is 9.67. The first kappa shape index (κ1) is 9.70. The first-order valence-corrected chi connectivity index (χ1v) is 4.81. The Morgan fingerprint density at radius 1 is 1.33 bits per heavy atom. The molecule has 0 saturated heterocycles. The fourth-order valence-electron chi connectivity index (χ4n) is 1.09. The van der Waals surface area contributed by atoms with Crippen LogP contribution >= 0.6 is 15.9 Å². The van der Waals surface area contributed by atoms with Crippen LogP contribution in [0.5, 0.6) is 0 Å². The van der Waals surface area contributed by atoms with Crippen LogP contribution in [0.1, 0.15) is 0 Å². The highest BCUT2D eigenvalue weighted by molar-refractivity contribution is 9.10. The highest BCUT2D eigenvalue weighted by atomic mass is 79.9. The molecule has 2 rings (SSSR count). The van der Waals surface area contributed by atoms with Gasteiger partial charge in [-0.05, 0) is 33.6 Å². The van der Waals surface area contributed by atoms with E-state index in [-0.39, 0.29) is 0 Å². The molecule has 0 unspecified atom stereocenters. The van der Waals surface area contributed by atoms with E-state index in [1.165, 1.54) is 0 Å². The molecule has 1 heterocycles. The van der Waals surface area contributed by atoms with Crippen molar-refractivity contribution in [2.24, 2.45) is 5.11 Å². The Morgan fingerprint density at radius 2 is 2.07 bits per heavy atom. The number of nitrogens with zero attached hydrogens (tertiary/aromatic N) is 6. The van der Waals surface area contributed by atoms with Gasteiger partial charge in [-0.1, -0.05) is 17.2 Å². The van der Waals surface area contributed by atoms with E-state index in [9.17, 15) is 0 Å². The molecule has 74 valence electrons. The zero-order valence-electron chi connectivity index (χ0n) is 7.45. The number of azide groups is 1. The van der Waals surface area contributed by atoms with Gasteiger partial charge in [0, 0.05) is 10.6 Å². The molecular formula is C8H5BrN6. The minimum absolute atomic E-state index is 0.529. The van der Waals surface area contributed by atoms with Crippen molar-refractivity contribution in [3.05, 3.63) is 45.8 Å². The first-order chi connectivity index (χ1) is 7.29. The maximum atomic E-state index is 8.23. The van der Waals surface area contributed by atoms with E-state index in [0.29, 0.717) is 10.4 Å². The molecule has 0 aliphatic carbocycles. The summed E-state index contributed by atoms with van der Waals surface area (Å²) in [6.45, 7) is 0. The Kier molecular flexibility index (Phi) is 2.66. The molecule has 0 N–H and O–H groups in total. The second kappa shape index (κ2) is 4.12. The van der Waals surface area contributed by atoms with E-state index in [1.807, 2.05) is 0 Å². The molecule has 2 aromatic rings. The molecule has 0 fully saturated rings. The monoisotopic (exact) mass is 264 g/mol. The van der Waals surface area contributed by atoms with Gasteiger partial charge in [0.25, 0.3) is 0 Å². The van der Waals surface area contributed by atoms with Crippen LogP contribution in [-0.4, -0.2) is 14.8 Å². The standard InChI is InChI=1S/C8H5BrN6/c9-8-11-5-15(13-8)7-3-1-6(2-4-7)12-14-10/h1-5H. The molecule has 1 aromatic carbocycles. The van der Waals surface area contributed by atoms with Crippen LogP contribution < -0.4 is 0 Å². The van der Waals surface area contributed by atoms with Gasteiger partial charge in [0.15, 0.2) is 0 Å². The van der Waals surface area contributed by atoms with Gasteiger partial charge in [0.05, 0.1) is 5.69 Å². The lowest BCUT2D eigenvalue weighted by Gasteiger charge is -1.99. The van der Waals surface area contributed by atoms with Crippen LogP contribution in [-0.2, 0) is 0 Å². The summed E-state index contributed by atoms with van der Waals surface area (Å²) < 4.78 is 2.14. The Hall–Kier alpha value is -1.85. The van der Waals surface area contributed by atoms with E-state index in [4.69, 9.17) is 5.53 Å². The average molecular weight is 265 g/mol. The Balaban J connectivity index is 2.35. The minimum atomic E-state index is 0.529. The molecule has 6 nitrogen and oxygen atoms in total. The van der Waals surface area contributed by atoms with Gasteiger partial charge in [-0.3, -0.25) is 0 Å².